The van der Waals surface area contributed by atoms with Gasteiger partial charge in [-0.15, -0.1) is 0 Å². The molecule has 2 aromatic rings. The molecule has 6 nitrogen and oxygen atoms in total. The summed E-state index contributed by atoms with van der Waals surface area (Å²) in [5.41, 5.74) is 4.69. The molecule has 2 heterocycles. The van der Waals surface area contributed by atoms with Crippen LogP contribution in [0.1, 0.15) is 17.5 Å². The highest BCUT2D eigenvalue weighted by atomic mass is 16.5. The largest absolute Gasteiger partial charge is 0.497 e. The molecule has 4 rings (SSSR count). The number of carbonyl (C=O) groups excluding carboxylic acids is 1. The molecule has 148 valence electrons. The molecule has 0 spiro atoms. The number of rotatable bonds is 6. The first-order chi connectivity index (χ1) is 13.6. The topological polar surface area (TPSA) is 54.0 Å². The minimum absolute atomic E-state index is 0.123. The van der Waals surface area contributed by atoms with Crippen LogP contribution in [0.3, 0.4) is 0 Å². The molecule has 2 aromatic carbocycles. The number of carbonyl (C=O) groups is 1. The van der Waals surface area contributed by atoms with Gasteiger partial charge in [-0.2, -0.15) is 0 Å². The molecule has 1 saturated heterocycles. The first-order valence-corrected chi connectivity index (χ1v) is 9.70. The van der Waals surface area contributed by atoms with Crippen molar-refractivity contribution in [3.8, 4) is 11.5 Å². The molecule has 1 unspecified atom stereocenters. The maximum absolute atomic E-state index is 13.2. The van der Waals surface area contributed by atoms with Crippen molar-refractivity contribution in [2.75, 3.05) is 44.6 Å². The van der Waals surface area contributed by atoms with Gasteiger partial charge in [0.15, 0.2) is 0 Å². The number of ether oxygens (including phenoxy) is 2. The molecule has 1 fully saturated rings. The molecule has 0 aliphatic carbocycles. The predicted octanol–water partition coefficient (Wildman–Crippen LogP) is 2.91. The maximum Gasteiger partial charge on any atom is 0.244 e. The number of amides is 1. The Morgan fingerprint density at radius 2 is 1.93 bits per heavy atom. The number of likely N-dealkylation sites (N-methyl/N-ethyl adjacent to an activating group) is 1. The first kappa shape index (κ1) is 18.6. The zero-order valence-electron chi connectivity index (χ0n) is 16.7. The van der Waals surface area contributed by atoms with Gasteiger partial charge in [0, 0.05) is 43.5 Å². The zero-order valence-corrected chi connectivity index (χ0v) is 16.7. The summed E-state index contributed by atoms with van der Waals surface area (Å²) in [6.45, 7) is 2.43. The third-order valence-corrected chi connectivity index (χ3v) is 5.71. The van der Waals surface area contributed by atoms with E-state index in [0.29, 0.717) is 18.0 Å². The van der Waals surface area contributed by atoms with Crippen LogP contribution in [0.15, 0.2) is 36.4 Å². The van der Waals surface area contributed by atoms with E-state index in [-0.39, 0.29) is 11.9 Å². The SMILES string of the molecule is COc1cc(OC)cc(N2CCC(N(C)Cc3cccc4c3NCC4)C2=O)c1. The normalized spacial score (nSPS) is 18.4. The van der Waals surface area contributed by atoms with Crippen LogP contribution >= 0.6 is 0 Å². The van der Waals surface area contributed by atoms with Crippen LogP contribution in [0, 0.1) is 0 Å². The number of anilines is 2. The summed E-state index contributed by atoms with van der Waals surface area (Å²) in [6, 6.07) is 11.9. The minimum atomic E-state index is -0.130. The quantitative estimate of drug-likeness (QED) is 0.834. The van der Waals surface area contributed by atoms with Gasteiger partial charge in [0.1, 0.15) is 11.5 Å². The average molecular weight is 381 g/mol. The third kappa shape index (κ3) is 3.40. The van der Waals surface area contributed by atoms with Crippen LogP contribution in [0.4, 0.5) is 11.4 Å². The van der Waals surface area contributed by atoms with Gasteiger partial charge in [-0.05, 0) is 31.0 Å². The number of hydrogen-bond acceptors (Lipinski definition) is 5. The molecule has 2 aliphatic heterocycles. The Hall–Kier alpha value is -2.73. The Morgan fingerprint density at radius 1 is 1.18 bits per heavy atom. The minimum Gasteiger partial charge on any atom is -0.497 e. The number of fused-ring (bicyclic) bond motifs is 1. The lowest BCUT2D eigenvalue weighted by Crippen LogP contribution is -2.39. The van der Waals surface area contributed by atoms with E-state index in [9.17, 15) is 4.79 Å². The lowest BCUT2D eigenvalue weighted by atomic mass is 10.1. The van der Waals surface area contributed by atoms with Crippen LogP contribution in [-0.4, -0.2) is 51.2 Å². The summed E-state index contributed by atoms with van der Waals surface area (Å²) in [5.74, 6) is 1.49. The van der Waals surface area contributed by atoms with Crippen LogP contribution < -0.4 is 19.7 Å². The standard InChI is InChI=1S/C22H27N3O3/c1-24(14-16-6-4-5-15-7-9-23-21(15)16)20-8-10-25(22(20)26)17-11-18(27-2)13-19(12-17)28-3/h4-6,11-13,20,23H,7-10,14H2,1-3H3. The zero-order chi connectivity index (χ0) is 19.7. The summed E-state index contributed by atoms with van der Waals surface area (Å²) in [6.07, 6.45) is 1.87. The highest BCUT2D eigenvalue weighted by molar-refractivity contribution is 5.99. The van der Waals surface area contributed by atoms with Crippen molar-refractivity contribution in [2.24, 2.45) is 0 Å². The molecule has 0 bridgehead atoms. The summed E-state index contributed by atoms with van der Waals surface area (Å²) >= 11 is 0. The van der Waals surface area contributed by atoms with E-state index < -0.39 is 0 Å². The summed E-state index contributed by atoms with van der Waals surface area (Å²) in [5, 5.41) is 3.49. The van der Waals surface area contributed by atoms with Crippen LogP contribution in [0.5, 0.6) is 11.5 Å². The highest BCUT2D eigenvalue weighted by Gasteiger charge is 2.36. The third-order valence-electron chi connectivity index (χ3n) is 5.71. The van der Waals surface area contributed by atoms with E-state index in [4.69, 9.17) is 9.47 Å². The van der Waals surface area contributed by atoms with Crippen LogP contribution in [-0.2, 0) is 17.8 Å². The van der Waals surface area contributed by atoms with Gasteiger partial charge in [0.25, 0.3) is 0 Å². The predicted molar refractivity (Wildman–Crippen MR) is 110 cm³/mol. The van der Waals surface area contributed by atoms with Crippen molar-refractivity contribution in [1.82, 2.24) is 4.90 Å². The number of methoxy groups -OCH3 is 2. The first-order valence-electron chi connectivity index (χ1n) is 9.70. The van der Waals surface area contributed by atoms with Gasteiger partial charge < -0.3 is 19.7 Å². The summed E-state index contributed by atoms with van der Waals surface area (Å²) in [4.78, 5) is 17.2. The van der Waals surface area contributed by atoms with Crippen molar-refractivity contribution < 1.29 is 14.3 Å². The maximum atomic E-state index is 13.2. The van der Waals surface area contributed by atoms with Crippen LogP contribution in [0.25, 0.3) is 0 Å². The van der Waals surface area contributed by atoms with Gasteiger partial charge in [-0.1, -0.05) is 18.2 Å². The van der Waals surface area contributed by atoms with E-state index in [2.05, 4.69) is 28.4 Å². The Balaban J connectivity index is 1.51. The van der Waals surface area contributed by atoms with Crippen LogP contribution in [0.2, 0.25) is 0 Å². The summed E-state index contributed by atoms with van der Waals surface area (Å²) < 4.78 is 10.7. The molecule has 28 heavy (non-hydrogen) atoms. The molecular weight excluding hydrogens is 354 g/mol. The van der Waals surface area contributed by atoms with Crippen molar-refractivity contribution in [2.45, 2.75) is 25.4 Å². The van der Waals surface area contributed by atoms with Gasteiger partial charge in [0.2, 0.25) is 5.91 Å². The van der Waals surface area contributed by atoms with Crippen molar-refractivity contribution in [3.05, 3.63) is 47.5 Å². The fraction of sp³-hybridized carbons (Fsp3) is 0.409. The van der Waals surface area contributed by atoms with Gasteiger partial charge >= 0.3 is 0 Å². The Morgan fingerprint density at radius 3 is 2.64 bits per heavy atom. The number of para-hydroxylation sites is 1. The second-order valence-corrected chi connectivity index (χ2v) is 7.41. The molecule has 1 amide bonds. The van der Waals surface area contributed by atoms with Crippen molar-refractivity contribution >= 4 is 17.3 Å². The fourth-order valence-corrected chi connectivity index (χ4v) is 4.20. The molecular formula is C22H27N3O3. The van der Waals surface area contributed by atoms with Crippen molar-refractivity contribution in [3.63, 3.8) is 0 Å². The second-order valence-electron chi connectivity index (χ2n) is 7.41. The van der Waals surface area contributed by atoms with E-state index in [1.807, 2.05) is 30.1 Å². The number of hydrogen-bond donors (Lipinski definition) is 1. The van der Waals surface area contributed by atoms with Crippen molar-refractivity contribution in [1.29, 1.82) is 0 Å². The molecule has 1 atom stereocenters. The van der Waals surface area contributed by atoms with E-state index >= 15 is 0 Å². The smallest absolute Gasteiger partial charge is 0.244 e. The fourth-order valence-electron chi connectivity index (χ4n) is 4.20. The van der Waals surface area contributed by atoms with Gasteiger partial charge in [0.05, 0.1) is 25.9 Å². The molecule has 6 heteroatoms. The van der Waals surface area contributed by atoms with Gasteiger partial charge in [-0.25, -0.2) is 0 Å². The molecule has 1 N–H and O–H groups in total. The Kier molecular flexibility index (Phi) is 5.13. The number of nitrogens with one attached hydrogen (secondary N) is 1. The number of benzene rings is 2. The Labute approximate surface area is 166 Å². The monoisotopic (exact) mass is 381 g/mol. The summed E-state index contributed by atoms with van der Waals surface area (Å²) in [7, 11) is 5.27. The van der Waals surface area contributed by atoms with E-state index in [0.717, 1.165) is 31.6 Å². The van der Waals surface area contributed by atoms with Gasteiger partial charge in [-0.3, -0.25) is 9.69 Å². The van der Waals surface area contributed by atoms with E-state index in [1.165, 1.54) is 16.8 Å². The Bertz CT molecular complexity index is 861. The molecule has 0 radical (unpaired) electrons. The molecule has 0 saturated carbocycles. The lowest BCUT2D eigenvalue weighted by Gasteiger charge is -2.25. The molecule has 2 aliphatic rings. The lowest BCUT2D eigenvalue weighted by molar-refractivity contribution is -0.121. The second kappa shape index (κ2) is 7.72. The molecule has 0 aromatic heterocycles. The number of nitrogens with zero attached hydrogens (tertiary/aromatic N) is 2. The highest BCUT2D eigenvalue weighted by Crippen LogP contribution is 2.33. The average Bonchev–Trinajstić information content (AvgIpc) is 3.34. The van der Waals surface area contributed by atoms with E-state index in [1.54, 1.807) is 14.2 Å².